The predicted molar refractivity (Wildman–Crippen MR) is 71.2 cm³/mol. The maximum absolute atomic E-state index is 12.2. The zero-order valence-electron chi connectivity index (χ0n) is 10.8. The van der Waals surface area contributed by atoms with Gasteiger partial charge in [0.1, 0.15) is 0 Å². The molecule has 0 aromatic heterocycles. The summed E-state index contributed by atoms with van der Waals surface area (Å²) in [5, 5.41) is 0. The molecule has 0 bridgehead atoms. The van der Waals surface area contributed by atoms with Gasteiger partial charge in [0.25, 0.3) is 0 Å². The van der Waals surface area contributed by atoms with Crippen molar-refractivity contribution in [2.75, 3.05) is 25.4 Å². The molecule has 1 saturated heterocycles. The summed E-state index contributed by atoms with van der Waals surface area (Å²) < 4.78 is 5.54. The summed E-state index contributed by atoms with van der Waals surface area (Å²) in [5.74, 6) is 0.164. The molecule has 4 nitrogen and oxygen atoms in total. The Morgan fingerprint density at radius 2 is 2.17 bits per heavy atom. The van der Waals surface area contributed by atoms with Gasteiger partial charge in [0.2, 0.25) is 5.91 Å². The molecule has 1 amide bonds. The smallest absolute Gasteiger partial charge is 0.227 e. The quantitative estimate of drug-likeness (QED) is 0.806. The fraction of sp³-hybridized carbons (Fsp3) is 0.500. The maximum Gasteiger partial charge on any atom is 0.227 e. The van der Waals surface area contributed by atoms with Gasteiger partial charge in [0, 0.05) is 25.4 Å². The van der Waals surface area contributed by atoms with Crippen molar-refractivity contribution in [1.29, 1.82) is 0 Å². The van der Waals surface area contributed by atoms with E-state index >= 15 is 0 Å². The van der Waals surface area contributed by atoms with Crippen molar-refractivity contribution >= 4 is 11.6 Å². The predicted octanol–water partition coefficient (Wildman–Crippen LogP) is 1.45. The fourth-order valence-electron chi connectivity index (χ4n) is 2.14. The van der Waals surface area contributed by atoms with Crippen molar-refractivity contribution in [1.82, 2.24) is 4.90 Å². The zero-order chi connectivity index (χ0) is 13.0. The highest BCUT2D eigenvalue weighted by molar-refractivity contribution is 5.79. The zero-order valence-corrected chi connectivity index (χ0v) is 10.8. The van der Waals surface area contributed by atoms with Crippen LogP contribution in [0.5, 0.6) is 0 Å². The first-order chi connectivity index (χ1) is 8.65. The van der Waals surface area contributed by atoms with Gasteiger partial charge in [-0.1, -0.05) is 12.1 Å². The van der Waals surface area contributed by atoms with Crippen LogP contribution in [0.2, 0.25) is 0 Å². The third-order valence-corrected chi connectivity index (χ3v) is 3.14. The van der Waals surface area contributed by atoms with Crippen LogP contribution in [0.15, 0.2) is 24.3 Å². The van der Waals surface area contributed by atoms with Crippen molar-refractivity contribution in [3.8, 4) is 0 Å². The number of hydrogen-bond acceptors (Lipinski definition) is 3. The average molecular weight is 248 g/mol. The molecule has 1 atom stereocenters. The summed E-state index contributed by atoms with van der Waals surface area (Å²) in [6.45, 7) is 4.23. The van der Waals surface area contributed by atoms with Crippen LogP contribution < -0.4 is 5.73 Å². The SMILES string of the molecule is CC1CN(C(=O)Cc2ccc(N)cc2)CCCO1. The van der Waals surface area contributed by atoms with Gasteiger partial charge in [-0.2, -0.15) is 0 Å². The van der Waals surface area contributed by atoms with Crippen LogP contribution >= 0.6 is 0 Å². The van der Waals surface area contributed by atoms with Gasteiger partial charge in [0.05, 0.1) is 12.5 Å². The second kappa shape index (κ2) is 5.87. The van der Waals surface area contributed by atoms with E-state index < -0.39 is 0 Å². The molecule has 0 saturated carbocycles. The Morgan fingerprint density at radius 1 is 1.44 bits per heavy atom. The van der Waals surface area contributed by atoms with Gasteiger partial charge in [0.15, 0.2) is 0 Å². The van der Waals surface area contributed by atoms with Gasteiger partial charge in [-0.3, -0.25) is 4.79 Å². The Morgan fingerprint density at radius 3 is 2.89 bits per heavy atom. The van der Waals surface area contributed by atoms with E-state index in [0.717, 1.165) is 30.8 Å². The van der Waals surface area contributed by atoms with E-state index in [0.29, 0.717) is 13.0 Å². The minimum atomic E-state index is 0.128. The van der Waals surface area contributed by atoms with E-state index in [1.807, 2.05) is 36.1 Å². The number of nitrogen functional groups attached to an aromatic ring is 1. The van der Waals surface area contributed by atoms with Crippen LogP contribution in [-0.2, 0) is 16.0 Å². The molecular formula is C14H20N2O2. The molecule has 4 heteroatoms. The van der Waals surface area contributed by atoms with E-state index in [-0.39, 0.29) is 12.0 Å². The van der Waals surface area contributed by atoms with Crippen molar-refractivity contribution in [3.63, 3.8) is 0 Å². The molecule has 1 aromatic rings. The highest BCUT2D eigenvalue weighted by atomic mass is 16.5. The van der Waals surface area contributed by atoms with Crippen molar-refractivity contribution in [3.05, 3.63) is 29.8 Å². The number of rotatable bonds is 2. The lowest BCUT2D eigenvalue weighted by Crippen LogP contribution is -2.36. The molecule has 18 heavy (non-hydrogen) atoms. The summed E-state index contributed by atoms with van der Waals surface area (Å²) in [7, 11) is 0. The lowest BCUT2D eigenvalue weighted by molar-refractivity contribution is -0.131. The number of nitrogens with zero attached hydrogens (tertiary/aromatic N) is 1. The number of hydrogen-bond donors (Lipinski definition) is 1. The normalized spacial score (nSPS) is 20.5. The number of amides is 1. The highest BCUT2D eigenvalue weighted by Crippen LogP contribution is 2.10. The van der Waals surface area contributed by atoms with Crippen LogP contribution in [0.1, 0.15) is 18.9 Å². The van der Waals surface area contributed by atoms with Crippen LogP contribution in [-0.4, -0.2) is 36.6 Å². The molecular weight excluding hydrogens is 228 g/mol. The average Bonchev–Trinajstić information content (AvgIpc) is 2.57. The standard InChI is InChI=1S/C14H20N2O2/c1-11-10-16(7-2-8-18-11)14(17)9-12-3-5-13(15)6-4-12/h3-6,11H,2,7-10,15H2,1H3. The Kier molecular flexibility index (Phi) is 4.20. The van der Waals surface area contributed by atoms with E-state index in [4.69, 9.17) is 10.5 Å². The first-order valence-electron chi connectivity index (χ1n) is 6.39. The fourth-order valence-corrected chi connectivity index (χ4v) is 2.14. The van der Waals surface area contributed by atoms with Crippen LogP contribution in [0.4, 0.5) is 5.69 Å². The van der Waals surface area contributed by atoms with Crippen molar-refractivity contribution in [2.24, 2.45) is 0 Å². The van der Waals surface area contributed by atoms with Gasteiger partial charge < -0.3 is 15.4 Å². The second-order valence-electron chi connectivity index (χ2n) is 4.79. The minimum absolute atomic E-state index is 0.128. The molecule has 1 fully saturated rings. The minimum Gasteiger partial charge on any atom is -0.399 e. The molecule has 1 aliphatic heterocycles. The van der Waals surface area contributed by atoms with Gasteiger partial charge in [-0.15, -0.1) is 0 Å². The first-order valence-corrected chi connectivity index (χ1v) is 6.39. The lowest BCUT2D eigenvalue weighted by Gasteiger charge is -2.22. The van der Waals surface area contributed by atoms with E-state index in [2.05, 4.69) is 0 Å². The summed E-state index contributed by atoms with van der Waals surface area (Å²) in [4.78, 5) is 14.1. The van der Waals surface area contributed by atoms with Gasteiger partial charge in [-0.05, 0) is 31.0 Å². The Bertz CT molecular complexity index is 403. The lowest BCUT2D eigenvalue weighted by atomic mass is 10.1. The van der Waals surface area contributed by atoms with Crippen LogP contribution in [0, 0.1) is 0 Å². The highest BCUT2D eigenvalue weighted by Gasteiger charge is 2.19. The molecule has 2 rings (SSSR count). The van der Waals surface area contributed by atoms with E-state index in [1.165, 1.54) is 0 Å². The molecule has 2 N–H and O–H groups in total. The third kappa shape index (κ3) is 3.47. The van der Waals surface area contributed by atoms with Gasteiger partial charge >= 0.3 is 0 Å². The number of anilines is 1. The molecule has 1 aromatic carbocycles. The largest absolute Gasteiger partial charge is 0.399 e. The van der Waals surface area contributed by atoms with Gasteiger partial charge in [-0.25, -0.2) is 0 Å². The number of carbonyl (C=O) groups excluding carboxylic acids is 1. The summed E-state index contributed by atoms with van der Waals surface area (Å²) in [5.41, 5.74) is 7.36. The molecule has 1 heterocycles. The van der Waals surface area contributed by atoms with E-state index in [9.17, 15) is 4.79 Å². The number of nitrogens with two attached hydrogens (primary N) is 1. The monoisotopic (exact) mass is 248 g/mol. The summed E-state index contributed by atoms with van der Waals surface area (Å²) >= 11 is 0. The first kappa shape index (κ1) is 12.9. The Balaban J connectivity index is 1.96. The number of benzene rings is 1. The van der Waals surface area contributed by atoms with Crippen molar-refractivity contribution < 1.29 is 9.53 Å². The summed E-state index contributed by atoms with van der Waals surface area (Å²) in [6, 6.07) is 7.48. The molecule has 1 aliphatic rings. The molecule has 0 aliphatic carbocycles. The topological polar surface area (TPSA) is 55.6 Å². The summed E-state index contributed by atoms with van der Waals surface area (Å²) in [6.07, 6.45) is 1.48. The Labute approximate surface area is 108 Å². The molecule has 98 valence electrons. The second-order valence-corrected chi connectivity index (χ2v) is 4.79. The third-order valence-electron chi connectivity index (χ3n) is 3.14. The van der Waals surface area contributed by atoms with E-state index in [1.54, 1.807) is 0 Å². The number of ether oxygens (including phenoxy) is 1. The van der Waals surface area contributed by atoms with Crippen LogP contribution in [0.25, 0.3) is 0 Å². The molecule has 0 spiro atoms. The van der Waals surface area contributed by atoms with Crippen molar-refractivity contribution in [2.45, 2.75) is 25.9 Å². The number of carbonyl (C=O) groups is 1. The Hall–Kier alpha value is -1.55. The maximum atomic E-state index is 12.2. The molecule has 1 unspecified atom stereocenters. The van der Waals surface area contributed by atoms with Crippen LogP contribution in [0.3, 0.4) is 0 Å². The molecule has 0 radical (unpaired) electrons.